The van der Waals surface area contributed by atoms with Crippen molar-refractivity contribution in [3.05, 3.63) is 11.3 Å². The van der Waals surface area contributed by atoms with Gasteiger partial charge in [0.25, 0.3) is 0 Å². The van der Waals surface area contributed by atoms with Gasteiger partial charge in [-0.25, -0.2) is 9.59 Å². The molecule has 0 bridgehead atoms. The maximum absolute atomic E-state index is 12.2. The summed E-state index contributed by atoms with van der Waals surface area (Å²) in [5, 5.41) is 9.03. The fourth-order valence-electron chi connectivity index (χ4n) is 3.52. The average molecular weight is 323 g/mol. The lowest BCUT2D eigenvalue weighted by molar-refractivity contribution is -0.139. The zero-order valence-corrected chi connectivity index (χ0v) is 14.6. The highest BCUT2D eigenvalue weighted by Gasteiger charge is 2.34. The third kappa shape index (κ3) is 4.25. The van der Waals surface area contributed by atoms with Crippen LogP contribution < -0.4 is 16.0 Å². The van der Waals surface area contributed by atoms with Crippen molar-refractivity contribution >= 4 is 12.0 Å². The molecular weight excluding hydrogens is 294 g/mol. The van der Waals surface area contributed by atoms with Crippen molar-refractivity contribution in [3.8, 4) is 0 Å². The Kier molecular flexibility index (Phi) is 5.68. The molecule has 0 aromatic carbocycles. The number of esters is 1. The number of nitrogens with one attached hydrogen (secondary N) is 3. The summed E-state index contributed by atoms with van der Waals surface area (Å²) in [6.07, 6.45) is 4.80. The first-order valence-corrected chi connectivity index (χ1v) is 8.56. The van der Waals surface area contributed by atoms with Gasteiger partial charge >= 0.3 is 12.0 Å². The zero-order chi connectivity index (χ0) is 17.0. The third-order valence-corrected chi connectivity index (χ3v) is 4.90. The Labute approximate surface area is 138 Å². The molecule has 1 saturated carbocycles. The van der Waals surface area contributed by atoms with E-state index in [1.54, 1.807) is 13.8 Å². The molecule has 23 heavy (non-hydrogen) atoms. The molecule has 2 aliphatic rings. The number of amides is 2. The Balaban J connectivity index is 2.13. The normalized spacial score (nSPS) is 27.2. The van der Waals surface area contributed by atoms with E-state index in [0.29, 0.717) is 30.5 Å². The Hall–Kier alpha value is -1.56. The molecule has 0 aromatic heterocycles. The van der Waals surface area contributed by atoms with Gasteiger partial charge in [0.2, 0.25) is 0 Å². The van der Waals surface area contributed by atoms with Crippen LogP contribution in [0.25, 0.3) is 0 Å². The summed E-state index contributed by atoms with van der Waals surface area (Å²) in [6, 6.07) is -0.237. The van der Waals surface area contributed by atoms with E-state index in [9.17, 15) is 9.59 Å². The fraction of sp³-hybridized carbons (Fsp3) is 0.765. The summed E-state index contributed by atoms with van der Waals surface area (Å²) in [7, 11) is 0. The zero-order valence-electron chi connectivity index (χ0n) is 14.6. The summed E-state index contributed by atoms with van der Waals surface area (Å²) in [5.74, 6) is -0.368. The molecule has 1 heterocycles. The van der Waals surface area contributed by atoms with Crippen LogP contribution in [0.15, 0.2) is 11.3 Å². The summed E-state index contributed by atoms with van der Waals surface area (Å²) < 4.78 is 5.13. The van der Waals surface area contributed by atoms with Gasteiger partial charge in [-0.2, -0.15) is 0 Å². The number of hydrogen-bond donors (Lipinski definition) is 3. The Morgan fingerprint density at radius 1 is 1.39 bits per heavy atom. The standard InChI is InChI=1S/C17H29N3O3/c1-5-23-15(21)14-11(2)19-16(22)20-12(14)10-18-13-8-6-7-9-17(13,3)4/h11,13,18H,5-10H2,1-4H3,(H2,19,20,22)/t11-,13-/m1/s1. The smallest absolute Gasteiger partial charge is 0.337 e. The lowest BCUT2D eigenvalue weighted by Crippen LogP contribution is -2.52. The van der Waals surface area contributed by atoms with Gasteiger partial charge in [0.1, 0.15) is 0 Å². The van der Waals surface area contributed by atoms with Gasteiger partial charge in [0, 0.05) is 18.3 Å². The molecule has 0 radical (unpaired) electrons. The fourth-order valence-corrected chi connectivity index (χ4v) is 3.52. The van der Waals surface area contributed by atoms with Gasteiger partial charge in [-0.15, -0.1) is 0 Å². The molecule has 6 heteroatoms. The molecule has 0 aromatic rings. The molecule has 3 N–H and O–H groups in total. The van der Waals surface area contributed by atoms with Gasteiger partial charge in [-0.3, -0.25) is 0 Å². The van der Waals surface area contributed by atoms with Crippen molar-refractivity contribution in [1.82, 2.24) is 16.0 Å². The Bertz CT molecular complexity index is 499. The van der Waals surface area contributed by atoms with Crippen molar-refractivity contribution in [2.24, 2.45) is 5.41 Å². The number of hydrogen-bond acceptors (Lipinski definition) is 4. The SMILES string of the molecule is CCOC(=O)C1=C(CN[C@@H]2CCCCC2(C)C)NC(=O)N[C@@H]1C. The molecule has 6 nitrogen and oxygen atoms in total. The van der Waals surface area contributed by atoms with E-state index in [1.807, 2.05) is 0 Å². The molecule has 0 saturated heterocycles. The van der Waals surface area contributed by atoms with Crippen LogP contribution in [0.4, 0.5) is 4.79 Å². The molecule has 2 atom stereocenters. The van der Waals surface area contributed by atoms with Crippen molar-refractivity contribution in [1.29, 1.82) is 0 Å². The summed E-state index contributed by atoms with van der Waals surface area (Å²) in [6.45, 7) is 8.91. The minimum absolute atomic E-state index is 0.228. The quantitative estimate of drug-likeness (QED) is 0.677. The van der Waals surface area contributed by atoms with E-state index >= 15 is 0 Å². The Morgan fingerprint density at radius 2 is 2.13 bits per heavy atom. The van der Waals surface area contributed by atoms with E-state index in [4.69, 9.17) is 4.74 Å². The molecule has 0 unspecified atom stereocenters. The molecule has 1 aliphatic heterocycles. The van der Waals surface area contributed by atoms with Crippen LogP contribution in [0.5, 0.6) is 0 Å². The minimum atomic E-state index is -0.368. The van der Waals surface area contributed by atoms with E-state index in [-0.39, 0.29) is 23.5 Å². The van der Waals surface area contributed by atoms with Crippen LogP contribution in [0, 0.1) is 5.41 Å². The van der Waals surface area contributed by atoms with Gasteiger partial charge in [-0.05, 0) is 32.1 Å². The van der Waals surface area contributed by atoms with E-state index in [1.165, 1.54) is 19.3 Å². The highest BCUT2D eigenvalue weighted by Crippen LogP contribution is 2.35. The molecule has 0 spiro atoms. The highest BCUT2D eigenvalue weighted by molar-refractivity contribution is 5.94. The predicted molar refractivity (Wildman–Crippen MR) is 88.8 cm³/mol. The van der Waals surface area contributed by atoms with Crippen LogP contribution in [0.3, 0.4) is 0 Å². The molecular formula is C17H29N3O3. The first-order valence-electron chi connectivity index (χ1n) is 8.56. The number of carbonyl (C=O) groups excluding carboxylic acids is 2. The maximum Gasteiger partial charge on any atom is 0.337 e. The minimum Gasteiger partial charge on any atom is -0.463 e. The third-order valence-electron chi connectivity index (χ3n) is 4.90. The topological polar surface area (TPSA) is 79.5 Å². The van der Waals surface area contributed by atoms with E-state index in [2.05, 4.69) is 29.8 Å². The number of urea groups is 1. The second-order valence-electron chi connectivity index (χ2n) is 7.10. The van der Waals surface area contributed by atoms with Crippen LogP contribution >= 0.6 is 0 Å². The summed E-state index contributed by atoms with van der Waals surface area (Å²) in [5.41, 5.74) is 1.36. The van der Waals surface area contributed by atoms with Crippen molar-refractivity contribution in [2.75, 3.05) is 13.2 Å². The predicted octanol–water partition coefficient (Wildman–Crippen LogP) is 2.06. The van der Waals surface area contributed by atoms with Crippen molar-refractivity contribution in [2.45, 2.75) is 65.5 Å². The maximum atomic E-state index is 12.2. The summed E-state index contributed by atoms with van der Waals surface area (Å²) >= 11 is 0. The van der Waals surface area contributed by atoms with Crippen LogP contribution in [-0.4, -0.2) is 37.2 Å². The van der Waals surface area contributed by atoms with Crippen molar-refractivity contribution < 1.29 is 14.3 Å². The average Bonchev–Trinajstić information content (AvgIpc) is 2.45. The lowest BCUT2D eigenvalue weighted by Gasteiger charge is -2.40. The van der Waals surface area contributed by atoms with Gasteiger partial charge in [0.15, 0.2) is 0 Å². The van der Waals surface area contributed by atoms with Gasteiger partial charge in [-0.1, -0.05) is 26.7 Å². The highest BCUT2D eigenvalue weighted by atomic mass is 16.5. The number of rotatable bonds is 5. The molecule has 2 amide bonds. The largest absolute Gasteiger partial charge is 0.463 e. The lowest BCUT2D eigenvalue weighted by atomic mass is 9.73. The molecule has 1 aliphatic carbocycles. The molecule has 130 valence electrons. The van der Waals surface area contributed by atoms with Crippen LogP contribution in [-0.2, 0) is 9.53 Å². The second-order valence-corrected chi connectivity index (χ2v) is 7.10. The van der Waals surface area contributed by atoms with E-state index < -0.39 is 0 Å². The number of ether oxygens (including phenoxy) is 1. The van der Waals surface area contributed by atoms with Gasteiger partial charge in [0.05, 0.1) is 18.2 Å². The van der Waals surface area contributed by atoms with Crippen LogP contribution in [0.2, 0.25) is 0 Å². The molecule has 2 rings (SSSR count). The van der Waals surface area contributed by atoms with Crippen LogP contribution in [0.1, 0.15) is 53.4 Å². The second kappa shape index (κ2) is 7.34. The van der Waals surface area contributed by atoms with Crippen molar-refractivity contribution in [3.63, 3.8) is 0 Å². The monoisotopic (exact) mass is 323 g/mol. The first-order chi connectivity index (χ1) is 10.8. The Morgan fingerprint density at radius 3 is 2.78 bits per heavy atom. The first kappa shape index (κ1) is 17.8. The summed E-state index contributed by atoms with van der Waals surface area (Å²) in [4.78, 5) is 24.0. The van der Waals surface area contributed by atoms with Gasteiger partial charge < -0.3 is 20.7 Å². The molecule has 1 fully saturated rings. The number of carbonyl (C=O) groups is 2. The van der Waals surface area contributed by atoms with E-state index in [0.717, 1.165) is 6.42 Å².